The Kier molecular flexibility index (Phi) is 3.11. The van der Waals surface area contributed by atoms with Crippen molar-refractivity contribution in [1.29, 1.82) is 0 Å². The smallest absolute Gasteiger partial charge is 0.263 e. The van der Waals surface area contributed by atoms with E-state index in [4.69, 9.17) is 4.74 Å². The van der Waals surface area contributed by atoms with Crippen LogP contribution in [0.4, 0.5) is 0 Å². The topological polar surface area (TPSA) is 57.0 Å². The van der Waals surface area contributed by atoms with Crippen molar-refractivity contribution >= 4 is 10.9 Å². The SMILES string of the molecule is O=c1c2cnccc2ncn1Cc1ccc2c(c1)CCCO2. The summed E-state index contributed by atoms with van der Waals surface area (Å²) in [6.07, 6.45) is 6.88. The first-order valence-corrected chi connectivity index (χ1v) is 7.35. The van der Waals surface area contributed by atoms with E-state index >= 15 is 0 Å². The predicted molar refractivity (Wildman–Crippen MR) is 83.2 cm³/mol. The number of hydrogen-bond donors (Lipinski definition) is 0. The summed E-state index contributed by atoms with van der Waals surface area (Å²) in [5.41, 5.74) is 2.91. The lowest BCUT2D eigenvalue weighted by atomic mass is 10.0. The van der Waals surface area contributed by atoms with Crippen LogP contribution in [0.15, 0.2) is 47.8 Å². The van der Waals surface area contributed by atoms with Gasteiger partial charge in [0.2, 0.25) is 0 Å². The second kappa shape index (κ2) is 5.26. The van der Waals surface area contributed by atoms with Gasteiger partial charge in [-0.3, -0.25) is 14.3 Å². The molecule has 0 spiro atoms. The summed E-state index contributed by atoms with van der Waals surface area (Å²) in [4.78, 5) is 20.8. The minimum atomic E-state index is -0.0629. The van der Waals surface area contributed by atoms with Gasteiger partial charge in [0.1, 0.15) is 5.75 Å². The van der Waals surface area contributed by atoms with E-state index in [1.165, 1.54) is 5.56 Å². The molecule has 5 heteroatoms. The Labute approximate surface area is 127 Å². The van der Waals surface area contributed by atoms with E-state index in [1.54, 1.807) is 29.4 Å². The van der Waals surface area contributed by atoms with Crippen LogP contribution in [0.5, 0.6) is 5.75 Å². The van der Waals surface area contributed by atoms with Crippen molar-refractivity contribution in [2.75, 3.05) is 6.61 Å². The van der Waals surface area contributed by atoms with E-state index < -0.39 is 0 Å². The Morgan fingerprint density at radius 1 is 1.27 bits per heavy atom. The second-order valence-electron chi connectivity index (χ2n) is 5.46. The maximum Gasteiger partial charge on any atom is 0.263 e. The van der Waals surface area contributed by atoms with Gasteiger partial charge in [-0.25, -0.2) is 4.98 Å². The fraction of sp³-hybridized carbons (Fsp3) is 0.235. The third kappa shape index (κ3) is 2.24. The lowest BCUT2D eigenvalue weighted by Crippen LogP contribution is -2.21. The van der Waals surface area contributed by atoms with Gasteiger partial charge >= 0.3 is 0 Å². The molecule has 110 valence electrons. The van der Waals surface area contributed by atoms with Crippen LogP contribution in [0.2, 0.25) is 0 Å². The highest BCUT2D eigenvalue weighted by Crippen LogP contribution is 2.25. The van der Waals surface area contributed by atoms with E-state index in [0.717, 1.165) is 30.8 Å². The normalized spacial score (nSPS) is 13.6. The van der Waals surface area contributed by atoms with Gasteiger partial charge < -0.3 is 4.74 Å². The zero-order valence-electron chi connectivity index (χ0n) is 12.0. The van der Waals surface area contributed by atoms with Crippen LogP contribution in [0.1, 0.15) is 17.5 Å². The summed E-state index contributed by atoms with van der Waals surface area (Å²) in [6.45, 7) is 1.29. The van der Waals surface area contributed by atoms with Crippen LogP contribution in [0, 0.1) is 0 Å². The van der Waals surface area contributed by atoms with Crippen molar-refractivity contribution in [3.8, 4) is 5.75 Å². The van der Waals surface area contributed by atoms with Gasteiger partial charge in [-0.05, 0) is 36.1 Å². The van der Waals surface area contributed by atoms with Crippen LogP contribution in [0.25, 0.3) is 10.9 Å². The van der Waals surface area contributed by atoms with E-state index in [2.05, 4.69) is 16.0 Å². The molecular weight excluding hydrogens is 278 g/mol. The zero-order valence-corrected chi connectivity index (χ0v) is 12.0. The average molecular weight is 293 g/mol. The van der Waals surface area contributed by atoms with Crippen LogP contribution < -0.4 is 10.3 Å². The number of pyridine rings is 1. The summed E-state index contributed by atoms with van der Waals surface area (Å²) in [5.74, 6) is 0.961. The molecule has 0 saturated carbocycles. The molecule has 22 heavy (non-hydrogen) atoms. The van der Waals surface area contributed by atoms with Gasteiger partial charge in [0, 0.05) is 12.4 Å². The van der Waals surface area contributed by atoms with Gasteiger partial charge in [0.15, 0.2) is 0 Å². The summed E-state index contributed by atoms with van der Waals surface area (Å²) >= 11 is 0. The van der Waals surface area contributed by atoms with Crippen LogP contribution in [-0.2, 0) is 13.0 Å². The third-order valence-corrected chi connectivity index (χ3v) is 3.95. The number of rotatable bonds is 2. The summed E-state index contributed by atoms with van der Waals surface area (Å²) in [5, 5.41) is 0.547. The molecule has 2 aromatic heterocycles. The first-order chi connectivity index (χ1) is 10.8. The molecule has 0 aliphatic carbocycles. The predicted octanol–water partition coefficient (Wildman–Crippen LogP) is 2.16. The zero-order chi connectivity index (χ0) is 14.9. The highest BCUT2D eigenvalue weighted by Gasteiger charge is 2.11. The summed E-state index contributed by atoms with van der Waals surface area (Å²) < 4.78 is 7.24. The van der Waals surface area contributed by atoms with Crippen molar-refractivity contribution < 1.29 is 4.74 Å². The van der Waals surface area contributed by atoms with Gasteiger partial charge in [-0.2, -0.15) is 0 Å². The molecule has 0 atom stereocenters. The number of ether oxygens (including phenoxy) is 1. The largest absolute Gasteiger partial charge is 0.493 e. The Hall–Kier alpha value is -2.69. The molecule has 5 nitrogen and oxygen atoms in total. The van der Waals surface area contributed by atoms with E-state index in [0.29, 0.717) is 17.4 Å². The van der Waals surface area contributed by atoms with Crippen molar-refractivity contribution in [3.63, 3.8) is 0 Å². The molecule has 3 aromatic rings. The van der Waals surface area contributed by atoms with Crippen molar-refractivity contribution in [2.24, 2.45) is 0 Å². The minimum Gasteiger partial charge on any atom is -0.493 e. The quantitative estimate of drug-likeness (QED) is 0.726. The Bertz CT molecular complexity index is 902. The average Bonchev–Trinajstić information content (AvgIpc) is 2.57. The molecule has 4 rings (SSSR count). The Morgan fingerprint density at radius 2 is 2.23 bits per heavy atom. The molecule has 0 N–H and O–H groups in total. The summed E-state index contributed by atoms with van der Waals surface area (Å²) in [7, 11) is 0. The van der Waals surface area contributed by atoms with E-state index in [9.17, 15) is 4.79 Å². The van der Waals surface area contributed by atoms with Crippen molar-refractivity contribution in [1.82, 2.24) is 14.5 Å². The highest BCUT2D eigenvalue weighted by atomic mass is 16.5. The first kappa shape index (κ1) is 13.0. The molecule has 0 saturated heterocycles. The lowest BCUT2D eigenvalue weighted by molar-refractivity contribution is 0.288. The van der Waals surface area contributed by atoms with Gasteiger partial charge in [-0.1, -0.05) is 12.1 Å². The molecule has 3 heterocycles. The van der Waals surface area contributed by atoms with Gasteiger partial charge in [0.25, 0.3) is 5.56 Å². The number of fused-ring (bicyclic) bond motifs is 2. The third-order valence-electron chi connectivity index (χ3n) is 3.95. The monoisotopic (exact) mass is 293 g/mol. The second-order valence-corrected chi connectivity index (χ2v) is 5.46. The molecule has 0 radical (unpaired) electrons. The van der Waals surface area contributed by atoms with Crippen molar-refractivity contribution in [3.05, 3.63) is 64.5 Å². The number of benzene rings is 1. The number of aryl methyl sites for hydroxylation is 1. The number of aromatic nitrogens is 3. The fourth-order valence-corrected chi connectivity index (χ4v) is 2.82. The molecule has 1 aliphatic heterocycles. The molecule has 1 aliphatic rings. The van der Waals surface area contributed by atoms with Crippen LogP contribution >= 0.6 is 0 Å². The minimum absolute atomic E-state index is 0.0629. The highest BCUT2D eigenvalue weighted by molar-refractivity contribution is 5.75. The first-order valence-electron chi connectivity index (χ1n) is 7.35. The lowest BCUT2D eigenvalue weighted by Gasteiger charge is -2.18. The molecule has 0 unspecified atom stereocenters. The fourth-order valence-electron chi connectivity index (χ4n) is 2.82. The van der Waals surface area contributed by atoms with E-state index in [1.807, 2.05) is 12.1 Å². The molecule has 0 amide bonds. The summed E-state index contributed by atoms with van der Waals surface area (Å²) in [6, 6.07) is 7.86. The number of nitrogens with zero attached hydrogens (tertiary/aromatic N) is 3. The maximum absolute atomic E-state index is 12.5. The molecule has 1 aromatic carbocycles. The molecule has 0 fully saturated rings. The maximum atomic E-state index is 12.5. The Balaban J connectivity index is 1.72. The Morgan fingerprint density at radius 3 is 3.18 bits per heavy atom. The van der Waals surface area contributed by atoms with Gasteiger partial charge in [0.05, 0.1) is 30.4 Å². The van der Waals surface area contributed by atoms with Gasteiger partial charge in [-0.15, -0.1) is 0 Å². The van der Waals surface area contributed by atoms with E-state index in [-0.39, 0.29) is 5.56 Å². The molecule has 0 bridgehead atoms. The van der Waals surface area contributed by atoms with Crippen molar-refractivity contribution in [2.45, 2.75) is 19.4 Å². The number of hydrogen-bond acceptors (Lipinski definition) is 4. The van der Waals surface area contributed by atoms with Crippen LogP contribution in [-0.4, -0.2) is 21.1 Å². The molecular formula is C17H15N3O2. The van der Waals surface area contributed by atoms with Crippen LogP contribution in [0.3, 0.4) is 0 Å². The standard InChI is InChI=1S/C17H15N3O2/c21-17-14-9-18-6-5-15(14)19-11-20(17)10-12-3-4-16-13(8-12)2-1-7-22-16/h3-6,8-9,11H,1-2,7,10H2.